The van der Waals surface area contributed by atoms with Crippen molar-refractivity contribution in [1.29, 1.82) is 0 Å². The van der Waals surface area contributed by atoms with Gasteiger partial charge >= 0.3 is 0 Å². The number of aromatic nitrogens is 1. The summed E-state index contributed by atoms with van der Waals surface area (Å²) >= 11 is 1.72. The van der Waals surface area contributed by atoms with Gasteiger partial charge < -0.3 is 4.90 Å². The zero-order chi connectivity index (χ0) is 21.6. The van der Waals surface area contributed by atoms with E-state index in [0.29, 0.717) is 30.4 Å². The van der Waals surface area contributed by atoms with Gasteiger partial charge in [-0.05, 0) is 61.6 Å². The highest BCUT2D eigenvalue weighted by molar-refractivity contribution is 7.89. The second-order valence-electron chi connectivity index (χ2n) is 8.26. The lowest BCUT2D eigenvalue weighted by Gasteiger charge is -2.32. The fraction of sp³-hybridized carbons (Fsp3) is 0.391. The molecule has 162 valence electrons. The highest BCUT2D eigenvalue weighted by Gasteiger charge is 2.32. The van der Waals surface area contributed by atoms with Crippen LogP contribution in [-0.4, -0.2) is 43.2 Å². The first-order valence-corrected chi connectivity index (χ1v) is 13.0. The average molecular weight is 456 g/mol. The van der Waals surface area contributed by atoms with E-state index in [1.54, 1.807) is 45.7 Å². The smallest absolute Gasteiger partial charge is 0.243 e. The summed E-state index contributed by atoms with van der Waals surface area (Å²) in [6.45, 7) is 3.24. The van der Waals surface area contributed by atoms with E-state index in [1.807, 2.05) is 18.2 Å². The molecule has 0 spiro atoms. The van der Waals surface area contributed by atoms with Gasteiger partial charge in [0.2, 0.25) is 15.9 Å². The number of sulfonamides is 1. The van der Waals surface area contributed by atoms with Crippen LogP contribution in [0.5, 0.6) is 0 Å². The van der Waals surface area contributed by atoms with Crippen LogP contribution in [0.3, 0.4) is 0 Å². The Morgan fingerprint density at radius 3 is 2.61 bits per heavy atom. The number of anilines is 1. The quantitative estimate of drug-likeness (QED) is 0.595. The monoisotopic (exact) mass is 455 g/mol. The van der Waals surface area contributed by atoms with Crippen molar-refractivity contribution in [2.24, 2.45) is 0 Å². The minimum Gasteiger partial charge on any atom is -0.312 e. The normalized spacial score (nSPS) is 18.3. The minimum absolute atomic E-state index is 0.00604. The molecule has 3 aromatic rings. The topological polar surface area (TPSA) is 70.6 Å². The number of thiazole rings is 1. The molecule has 2 aliphatic rings. The highest BCUT2D eigenvalue weighted by atomic mass is 32.2. The minimum atomic E-state index is -3.55. The van der Waals surface area contributed by atoms with E-state index in [2.05, 4.69) is 6.07 Å². The Labute approximate surface area is 186 Å². The van der Waals surface area contributed by atoms with Gasteiger partial charge in [0.25, 0.3) is 0 Å². The average Bonchev–Trinajstić information content (AvgIpc) is 3.22. The summed E-state index contributed by atoms with van der Waals surface area (Å²) in [4.78, 5) is 18.7. The molecule has 0 unspecified atom stereocenters. The molecule has 1 fully saturated rings. The number of piperidine rings is 1. The fourth-order valence-corrected chi connectivity index (χ4v) is 7.28. The molecule has 5 rings (SSSR count). The van der Waals surface area contributed by atoms with Crippen LogP contribution >= 0.6 is 11.3 Å². The van der Waals surface area contributed by atoms with Crippen molar-refractivity contribution in [2.75, 3.05) is 24.5 Å². The molecule has 1 saturated heterocycles. The van der Waals surface area contributed by atoms with Crippen molar-refractivity contribution in [2.45, 2.75) is 43.4 Å². The lowest BCUT2D eigenvalue weighted by atomic mass is 9.99. The molecule has 31 heavy (non-hydrogen) atoms. The van der Waals surface area contributed by atoms with Crippen LogP contribution in [0.4, 0.5) is 5.69 Å². The molecule has 1 aromatic heterocycles. The van der Waals surface area contributed by atoms with E-state index < -0.39 is 10.0 Å². The summed E-state index contributed by atoms with van der Waals surface area (Å²) < 4.78 is 29.4. The van der Waals surface area contributed by atoms with Crippen LogP contribution in [0.25, 0.3) is 10.2 Å². The number of rotatable bonds is 3. The Bertz CT molecular complexity index is 1210. The number of carbonyl (C=O) groups is 1. The highest BCUT2D eigenvalue weighted by Crippen LogP contribution is 2.36. The molecular weight excluding hydrogens is 430 g/mol. The summed E-state index contributed by atoms with van der Waals surface area (Å²) in [6.07, 6.45) is 3.20. The Morgan fingerprint density at radius 1 is 1.10 bits per heavy atom. The number of para-hydroxylation sites is 1. The molecule has 0 bridgehead atoms. The van der Waals surface area contributed by atoms with E-state index in [-0.39, 0.29) is 5.91 Å². The van der Waals surface area contributed by atoms with E-state index in [4.69, 9.17) is 4.98 Å². The summed E-state index contributed by atoms with van der Waals surface area (Å²) in [7, 11) is -3.55. The molecule has 0 N–H and O–H groups in total. The van der Waals surface area contributed by atoms with Crippen molar-refractivity contribution in [3.63, 3.8) is 0 Å². The van der Waals surface area contributed by atoms with Crippen molar-refractivity contribution < 1.29 is 13.2 Å². The van der Waals surface area contributed by atoms with Gasteiger partial charge in [0.15, 0.2) is 0 Å². The molecule has 0 saturated carbocycles. The van der Waals surface area contributed by atoms with Crippen LogP contribution in [0.15, 0.2) is 47.4 Å². The third-order valence-corrected chi connectivity index (χ3v) is 9.39. The Hall–Kier alpha value is -2.29. The Kier molecular flexibility index (Phi) is 5.32. The van der Waals surface area contributed by atoms with Gasteiger partial charge in [-0.15, -0.1) is 11.3 Å². The van der Waals surface area contributed by atoms with Crippen LogP contribution in [-0.2, 0) is 21.2 Å². The van der Waals surface area contributed by atoms with Crippen molar-refractivity contribution >= 4 is 43.2 Å². The number of amides is 1. The number of carbonyl (C=O) groups excluding carboxylic acids is 1. The maximum absolute atomic E-state index is 13.3. The first-order chi connectivity index (χ1) is 14.9. The molecule has 2 aromatic carbocycles. The van der Waals surface area contributed by atoms with Crippen molar-refractivity contribution in [3.05, 3.63) is 53.0 Å². The predicted molar refractivity (Wildman–Crippen MR) is 123 cm³/mol. The second-order valence-corrected chi connectivity index (χ2v) is 11.3. The Balaban J connectivity index is 1.33. The van der Waals surface area contributed by atoms with Gasteiger partial charge in [0, 0.05) is 38.2 Å². The van der Waals surface area contributed by atoms with Crippen molar-refractivity contribution in [1.82, 2.24) is 9.29 Å². The fourth-order valence-electron chi connectivity index (χ4n) is 4.62. The largest absolute Gasteiger partial charge is 0.312 e. The van der Waals surface area contributed by atoms with E-state index in [9.17, 15) is 13.2 Å². The van der Waals surface area contributed by atoms with Crippen LogP contribution < -0.4 is 4.90 Å². The molecule has 6 nitrogen and oxygen atoms in total. The lowest BCUT2D eigenvalue weighted by molar-refractivity contribution is -0.116. The second kappa shape index (κ2) is 8.00. The van der Waals surface area contributed by atoms with Gasteiger partial charge in [-0.1, -0.05) is 12.1 Å². The number of hydrogen-bond donors (Lipinski definition) is 0. The summed E-state index contributed by atoms with van der Waals surface area (Å²) in [5.41, 5.74) is 2.80. The molecule has 0 radical (unpaired) electrons. The predicted octanol–water partition coefficient (Wildman–Crippen LogP) is 4.16. The maximum atomic E-state index is 13.3. The van der Waals surface area contributed by atoms with E-state index in [1.165, 1.54) is 4.70 Å². The zero-order valence-electron chi connectivity index (χ0n) is 17.5. The molecule has 8 heteroatoms. The Morgan fingerprint density at radius 2 is 1.87 bits per heavy atom. The lowest BCUT2D eigenvalue weighted by Crippen LogP contribution is -2.38. The third-order valence-electron chi connectivity index (χ3n) is 6.30. The number of aryl methyl sites for hydroxylation is 1. The zero-order valence-corrected chi connectivity index (χ0v) is 19.1. The van der Waals surface area contributed by atoms with Gasteiger partial charge in [0.05, 0.1) is 20.1 Å². The molecule has 0 atom stereocenters. The van der Waals surface area contributed by atoms with Crippen LogP contribution in [0.2, 0.25) is 0 Å². The standard InChI is InChI=1S/C23H25N3O3S2/c1-16(27)26-12-4-5-18-15-19(8-9-21(18)26)31(28,29)25-13-10-17(11-14-25)23-24-20-6-2-3-7-22(20)30-23/h2-3,6-9,15,17H,4-5,10-14H2,1H3. The summed E-state index contributed by atoms with van der Waals surface area (Å²) in [6, 6.07) is 13.3. The SMILES string of the molecule is CC(=O)N1CCCc2cc(S(=O)(=O)N3CCC(c4nc5ccccc5s4)CC3)ccc21. The molecule has 1 amide bonds. The first kappa shape index (κ1) is 20.6. The molecule has 0 aliphatic carbocycles. The number of hydrogen-bond acceptors (Lipinski definition) is 5. The van der Waals surface area contributed by atoms with Crippen molar-refractivity contribution in [3.8, 4) is 0 Å². The first-order valence-electron chi connectivity index (χ1n) is 10.7. The molecule has 3 heterocycles. The van der Waals surface area contributed by atoms with Gasteiger partial charge in [0.1, 0.15) is 0 Å². The molecule has 2 aliphatic heterocycles. The van der Waals surface area contributed by atoms with E-state index >= 15 is 0 Å². The van der Waals surface area contributed by atoms with Crippen LogP contribution in [0, 0.1) is 0 Å². The van der Waals surface area contributed by atoms with Gasteiger partial charge in [-0.25, -0.2) is 13.4 Å². The van der Waals surface area contributed by atoms with E-state index in [0.717, 1.165) is 47.5 Å². The summed E-state index contributed by atoms with van der Waals surface area (Å²) in [5.74, 6) is 0.296. The molecular formula is C23H25N3O3S2. The summed E-state index contributed by atoms with van der Waals surface area (Å²) in [5, 5.41) is 1.11. The maximum Gasteiger partial charge on any atom is 0.243 e. The number of fused-ring (bicyclic) bond motifs is 2. The number of benzene rings is 2. The van der Waals surface area contributed by atoms with Gasteiger partial charge in [-0.3, -0.25) is 4.79 Å². The van der Waals surface area contributed by atoms with Crippen LogP contribution in [0.1, 0.15) is 42.7 Å². The third kappa shape index (κ3) is 3.77. The van der Waals surface area contributed by atoms with Gasteiger partial charge in [-0.2, -0.15) is 4.31 Å². The number of nitrogens with zero attached hydrogens (tertiary/aromatic N) is 3.